The summed E-state index contributed by atoms with van der Waals surface area (Å²) >= 11 is 5.74. The average Bonchev–Trinajstić information content (AvgIpc) is 3.85. The number of benzene rings is 3. The minimum atomic E-state index is -1.02. The maximum Gasteiger partial charge on any atom is 0.317 e. The Morgan fingerprint density at radius 3 is 2.09 bits per heavy atom. The summed E-state index contributed by atoms with van der Waals surface area (Å²) in [6.07, 6.45) is 3.28. The van der Waals surface area contributed by atoms with Crippen LogP contribution >= 0.6 is 12.2 Å². The molecule has 5 atom stereocenters. The zero-order valence-corrected chi connectivity index (χ0v) is 47.1. The number of carbonyl (C=O) groups is 8. The van der Waals surface area contributed by atoms with Crippen molar-refractivity contribution < 1.29 is 53.3 Å². The van der Waals surface area contributed by atoms with Crippen LogP contribution in [-0.2, 0) is 88.5 Å². The number of carbonyl (C=O) groups excluding carboxylic acids is 6. The Morgan fingerprint density at radius 1 is 0.802 bits per heavy atom. The summed E-state index contributed by atoms with van der Waals surface area (Å²) in [6.45, 7) is 7.00. The van der Waals surface area contributed by atoms with Crippen LogP contribution in [0.25, 0.3) is 10.9 Å². The molecule has 2 bridgehead atoms. The highest BCUT2D eigenvalue weighted by Crippen LogP contribution is 2.25. The number of para-hydroxylation sites is 1. The minimum Gasteiger partial charge on any atom is -0.480 e. The number of ketones is 2. The van der Waals surface area contributed by atoms with Gasteiger partial charge in [0, 0.05) is 106 Å². The number of aliphatic carboxylic acids is 2. The van der Waals surface area contributed by atoms with Gasteiger partial charge < -0.3 is 46.4 Å². The van der Waals surface area contributed by atoms with Crippen molar-refractivity contribution in [3.8, 4) is 0 Å². The highest BCUT2D eigenvalue weighted by molar-refractivity contribution is 7.80. The zero-order chi connectivity index (χ0) is 58.4. The van der Waals surface area contributed by atoms with Crippen molar-refractivity contribution in [1.29, 1.82) is 0 Å². The number of nitrogens with zero attached hydrogens (tertiary/aromatic N) is 4. The Bertz CT molecular complexity index is 2970. The number of H-pyrrole nitrogens is 1. The van der Waals surface area contributed by atoms with Crippen LogP contribution in [0.3, 0.4) is 0 Å². The summed E-state index contributed by atoms with van der Waals surface area (Å²) < 4.78 is 5.27. The lowest BCUT2D eigenvalue weighted by Crippen LogP contribution is -2.49. The number of carboxylic acids is 2. The summed E-state index contributed by atoms with van der Waals surface area (Å²) in [4.78, 5) is 115. The quantitative estimate of drug-likeness (QED) is 0.0238. The van der Waals surface area contributed by atoms with E-state index in [-0.39, 0.29) is 115 Å². The molecular weight excluding hydrogens is 1050 g/mol. The lowest BCUT2D eigenvalue weighted by molar-refractivity contribution is -0.140. The van der Waals surface area contributed by atoms with Crippen LogP contribution in [0.4, 0.5) is 0 Å². The van der Waals surface area contributed by atoms with Gasteiger partial charge in [0.15, 0.2) is 5.78 Å². The molecule has 3 amide bonds. The zero-order valence-electron chi connectivity index (χ0n) is 46.3. The van der Waals surface area contributed by atoms with Crippen molar-refractivity contribution in [2.24, 2.45) is 23.5 Å². The van der Waals surface area contributed by atoms with Gasteiger partial charge in [-0.3, -0.25) is 53.2 Å². The van der Waals surface area contributed by atoms with E-state index in [1.807, 2.05) is 116 Å². The summed E-state index contributed by atoms with van der Waals surface area (Å²) in [5.41, 5.74) is 12.3. The molecule has 0 fully saturated rings. The number of fused-ring (bicyclic) bond motifs is 3. The third kappa shape index (κ3) is 20.4. The van der Waals surface area contributed by atoms with E-state index in [1.54, 1.807) is 9.80 Å². The van der Waals surface area contributed by atoms with Crippen LogP contribution in [0.1, 0.15) is 92.1 Å². The number of primary amides is 1. The van der Waals surface area contributed by atoms with Gasteiger partial charge in [0.2, 0.25) is 17.7 Å². The molecule has 6 rings (SSSR count). The lowest BCUT2D eigenvalue weighted by Gasteiger charge is -2.36. The van der Waals surface area contributed by atoms with Gasteiger partial charge >= 0.3 is 11.9 Å². The normalized spacial score (nSPS) is 15.9. The molecule has 0 saturated heterocycles. The van der Waals surface area contributed by atoms with Crippen molar-refractivity contribution in [1.82, 2.24) is 40.6 Å². The number of amides is 3. The summed E-state index contributed by atoms with van der Waals surface area (Å²) in [7, 11) is 0. The number of hydrogen-bond donors (Lipinski definition) is 7. The molecule has 8 N–H and O–H groups in total. The van der Waals surface area contributed by atoms with Crippen molar-refractivity contribution in [2.75, 3.05) is 39.5 Å². The molecule has 5 aromatic rings. The van der Waals surface area contributed by atoms with Crippen LogP contribution in [0.15, 0.2) is 97.2 Å². The number of Topliss-reactive ketones (excluding diaryl/α,β-unsaturated/α-hetero) is 2. The van der Waals surface area contributed by atoms with Gasteiger partial charge in [0.1, 0.15) is 12.5 Å². The van der Waals surface area contributed by atoms with Crippen molar-refractivity contribution >= 4 is 75.8 Å². The fourth-order valence-corrected chi connectivity index (χ4v) is 10.4. The van der Waals surface area contributed by atoms with Gasteiger partial charge in [-0.15, -0.1) is 0 Å². The molecule has 0 saturated carbocycles. The topological polar surface area (TPSA) is 287 Å². The van der Waals surface area contributed by atoms with Crippen LogP contribution in [0.2, 0.25) is 0 Å². The monoisotopic (exact) mass is 1130 g/mol. The van der Waals surface area contributed by atoms with Gasteiger partial charge in [-0.05, 0) is 78.1 Å². The second-order valence-electron chi connectivity index (χ2n) is 21.1. The number of carboxylic acid groups (broad SMARTS) is 2. The number of ether oxygens (including phenoxy) is 1. The Hall–Kier alpha value is -7.72. The number of rotatable bonds is 30. The van der Waals surface area contributed by atoms with E-state index in [9.17, 15) is 48.6 Å². The van der Waals surface area contributed by atoms with E-state index in [2.05, 4.69) is 20.9 Å². The van der Waals surface area contributed by atoms with E-state index < -0.39 is 47.5 Å². The molecule has 20 nitrogen and oxygen atoms in total. The predicted molar refractivity (Wildman–Crippen MR) is 308 cm³/mol. The Morgan fingerprint density at radius 2 is 1.43 bits per heavy atom. The highest BCUT2D eigenvalue weighted by atomic mass is 32.1. The fourth-order valence-electron chi connectivity index (χ4n) is 10.1. The first-order valence-electron chi connectivity index (χ1n) is 27.3. The first kappa shape index (κ1) is 62.5. The van der Waals surface area contributed by atoms with Crippen molar-refractivity contribution in [2.45, 2.75) is 110 Å². The van der Waals surface area contributed by atoms with Crippen molar-refractivity contribution in [3.05, 3.63) is 136 Å². The number of nitrogens with two attached hydrogens (primary N) is 1. The molecule has 81 heavy (non-hydrogen) atoms. The molecule has 1 aliphatic rings. The van der Waals surface area contributed by atoms with Gasteiger partial charge in [-0.1, -0.05) is 105 Å². The lowest BCUT2D eigenvalue weighted by atomic mass is 9.86. The average molecular weight is 1130 g/mol. The van der Waals surface area contributed by atoms with Gasteiger partial charge in [0.05, 0.1) is 35.5 Å². The Labute approximate surface area is 477 Å². The third-order valence-corrected chi connectivity index (χ3v) is 14.9. The van der Waals surface area contributed by atoms with E-state index in [0.717, 1.165) is 38.7 Å². The number of nitrogens with one attached hydrogen (secondary N) is 4. The maximum atomic E-state index is 14.1. The van der Waals surface area contributed by atoms with Crippen LogP contribution in [-0.4, -0.2) is 139 Å². The summed E-state index contributed by atoms with van der Waals surface area (Å²) in [6, 6.07) is 27.5. The highest BCUT2D eigenvalue weighted by Gasteiger charge is 2.33. The third-order valence-electron chi connectivity index (χ3n) is 14.7. The smallest absolute Gasteiger partial charge is 0.317 e. The van der Waals surface area contributed by atoms with Crippen molar-refractivity contribution in [3.63, 3.8) is 0 Å². The van der Waals surface area contributed by atoms with E-state index in [1.165, 1.54) is 6.92 Å². The standard InChI is InChI=1S/C60H75N9O11S/c1-4-39(2)58(66-60(79)46(24-40(3)71)27-47-31-62-52-11-6-5-10-51(47)52)53(72)28-45(20-21-54(61)73)59(78)64-30-44-18-16-43(17-19-44)29-63-55(81)26-42-14-12-41(13-15-42)25-50-34-68(36-57(76)77)23-22-67(35-56(74)75)32-48-8-7-9-49(65-48)33-69(50)37-80-38-70/h5-19,31,38-39,45-46,50,58,62H,4,20-30,32-37H2,1-3H3,(H2,61,73)(H,63,81)(H,64,78)(H,66,79)(H,74,75)(H,76,77)/t39?,45-,46+,50+,58+/m1/s1. The molecule has 1 aliphatic heterocycles. The van der Waals surface area contributed by atoms with Gasteiger partial charge in [0.25, 0.3) is 6.47 Å². The molecular formula is C60H75N9O11S. The molecule has 0 aliphatic carbocycles. The summed E-state index contributed by atoms with van der Waals surface area (Å²) in [5.74, 6) is -5.91. The molecule has 0 radical (unpaired) electrons. The molecule has 432 valence electrons. The number of thiocarbonyl (C=S) groups is 1. The fraction of sp³-hybridized carbons (Fsp3) is 0.433. The number of pyridine rings is 1. The largest absolute Gasteiger partial charge is 0.480 e. The van der Waals surface area contributed by atoms with Crippen LogP contribution in [0.5, 0.6) is 0 Å². The van der Waals surface area contributed by atoms with E-state index in [0.29, 0.717) is 48.7 Å². The molecule has 0 spiro atoms. The molecule has 3 aromatic carbocycles. The second-order valence-corrected chi connectivity index (χ2v) is 21.6. The first-order chi connectivity index (χ1) is 38.8. The van der Waals surface area contributed by atoms with Crippen LogP contribution < -0.4 is 21.7 Å². The van der Waals surface area contributed by atoms with E-state index in [4.69, 9.17) is 27.7 Å². The number of aromatic nitrogens is 2. The summed E-state index contributed by atoms with van der Waals surface area (Å²) in [5, 5.41) is 29.6. The first-order valence-corrected chi connectivity index (χ1v) is 27.7. The molecule has 3 heterocycles. The van der Waals surface area contributed by atoms with Gasteiger partial charge in [-0.25, -0.2) is 0 Å². The molecule has 1 unspecified atom stereocenters. The second kappa shape index (κ2) is 31.3. The predicted octanol–water partition coefficient (Wildman–Crippen LogP) is 4.88. The molecule has 21 heteroatoms. The Kier molecular flexibility index (Phi) is 24.2. The maximum absolute atomic E-state index is 14.1. The van der Waals surface area contributed by atoms with Gasteiger partial charge in [-0.2, -0.15) is 0 Å². The molecule has 2 aromatic heterocycles. The van der Waals surface area contributed by atoms with Crippen LogP contribution in [0, 0.1) is 17.8 Å². The van der Waals surface area contributed by atoms with E-state index >= 15 is 0 Å². The number of hydrogen-bond acceptors (Lipinski definition) is 14. The SMILES string of the molecule is CCC(C)[C@H](NC(=O)[C@@H](CC(C)=O)Cc1c[nH]c2ccccc12)C(=O)C[C@@H](CCC(N)=O)C(=O)NCc1ccc(CNC(=S)Cc2ccc(C[C@H]3CN(CC(=O)O)CCN(CC(=O)O)Cc4cccc(n4)CN3COC=O)cc2)cc1. The minimum absolute atomic E-state index is 0.0115. The Balaban J connectivity index is 1.03. The number of aromatic amines is 1.